The summed E-state index contributed by atoms with van der Waals surface area (Å²) < 4.78 is 23.7. The van der Waals surface area contributed by atoms with Gasteiger partial charge in [0.15, 0.2) is 0 Å². The van der Waals surface area contributed by atoms with E-state index in [9.17, 15) is 9.18 Å². The van der Waals surface area contributed by atoms with Crippen LogP contribution in [0.4, 0.5) is 4.39 Å². The van der Waals surface area contributed by atoms with Crippen LogP contribution < -0.4 is 0 Å². The van der Waals surface area contributed by atoms with Gasteiger partial charge in [0, 0.05) is 25.1 Å². The van der Waals surface area contributed by atoms with Crippen LogP contribution in [0.2, 0.25) is 0 Å². The van der Waals surface area contributed by atoms with Crippen LogP contribution in [0, 0.1) is 18.7 Å². The van der Waals surface area contributed by atoms with E-state index in [1.165, 1.54) is 13.2 Å². The SMILES string of the molecule is COC(=O)CCN(CCCc1nc(-c2ccc(C)c(F)c2)no1)CC(C)C. The zero-order valence-electron chi connectivity index (χ0n) is 16.5. The zero-order chi connectivity index (χ0) is 19.8. The number of methoxy groups -OCH3 is 1. The van der Waals surface area contributed by atoms with Gasteiger partial charge in [-0.3, -0.25) is 4.79 Å². The highest BCUT2D eigenvalue weighted by molar-refractivity contribution is 5.69. The van der Waals surface area contributed by atoms with Gasteiger partial charge in [-0.25, -0.2) is 4.39 Å². The summed E-state index contributed by atoms with van der Waals surface area (Å²) in [7, 11) is 1.40. The van der Waals surface area contributed by atoms with Crippen LogP contribution in [-0.4, -0.2) is 47.8 Å². The Morgan fingerprint density at radius 1 is 1.33 bits per heavy atom. The fourth-order valence-corrected chi connectivity index (χ4v) is 2.82. The number of hydrogen-bond acceptors (Lipinski definition) is 6. The van der Waals surface area contributed by atoms with E-state index in [0.29, 0.717) is 48.1 Å². The molecule has 0 fully saturated rings. The summed E-state index contributed by atoms with van der Waals surface area (Å²) in [5, 5.41) is 3.95. The zero-order valence-corrected chi connectivity index (χ0v) is 16.5. The lowest BCUT2D eigenvalue weighted by Gasteiger charge is -2.23. The molecule has 2 aromatic rings. The van der Waals surface area contributed by atoms with Gasteiger partial charge in [0.2, 0.25) is 11.7 Å². The van der Waals surface area contributed by atoms with Gasteiger partial charge in [-0.05, 0) is 37.4 Å². The molecule has 27 heavy (non-hydrogen) atoms. The molecule has 0 atom stereocenters. The standard InChI is InChI=1S/C20H28FN3O3/c1-14(2)13-24(11-9-19(25)26-4)10-5-6-18-22-20(23-27-18)16-8-7-15(3)17(21)12-16/h7-8,12,14H,5-6,9-11,13H2,1-4H3. The van der Waals surface area contributed by atoms with Gasteiger partial charge in [0.25, 0.3) is 0 Å². The maximum Gasteiger partial charge on any atom is 0.306 e. The molecular formula is C20H28FN3O3. The lowest BCUT2D eigenvalue weighted by Crippen LogP contribution is -2.31. The molecule has 0 saturated carbocycles. The van der Waals surface area contributed by atoms with E-state index in [4.69, 9.17) is 9.26 Å². The molecule has 7 heteroatoms. The first-order valence-electron chi connectivity index (χ1n) is 9.27. The van der Waals surface area contributed by atoms with E-state index in [-0.39, 0.29) is 11.8 Å². The van der Waals surface area contributed by atoms with Crippen molar-refractivity contribution >= 4 is 5.97 Å². The van der Waals surface area contributed by atoms with Crippen LogP contribution in [0.15, 0.2) is 22.7 Å². The Kier molecular flexibility index (Phi) is 7.91. The molecule has 0 saturated heterocycles. The summed E-state index contributed by atoms with van der Waals surface area (Å²) in [5.41, 5.74) is 1.19. The highest BCUT2D eigenvalue weighted by Crippen LogP contribution is 2.19. The van der Waals surface area contributed by atoms with Gasteiger partial charge < -0.3 is 14.2 Å². The van der Waals surface area contributed by atoms with E-state index in [1.807, 2.05) is 0 Å². The van der Waals surface area contributed by atoms with Gasteiger partial charge >= 0.3 is 5.97 Å². The van der Waals surface area contributed by atoms with Gasteiger partial charge in [0.05, 0.1) is 13.5 Å². The van der Waals surface area contributed by atoms with E-state index < -0.39 is 0 Å². The quantitative estimate of drug-likeness (QED) is 0.589. The Morgan fingerprint density at radius 2 is 2.11 bits per heavy atom. The molecular weight excluding hydrogens is 349 g/mol. The molecule has 0 aliphatic heterocycles. The predicted molar refractivity (Wildman–Crippen MR) is 101 cm³/mol. The van der Waals surface area contributed by atoms with Gasteiger partial charge in [-0.2, -0.15) is 4.98 Å². The van der Waals surface area contributed by atoms with Crippen molar-refractivity contribution in [1.82, 2.24) is 15.0 Å². The summed E-state index contributed by atoms with van der Waals surface area (Å²) in [6.45, 7) is 8.42. The second-order valence-corrected chi connectivity index (χ2v) is 7.10. The Morgan fingerprint density at radius 3 is 2.78 bits per heavy atom. The molecule has 0 aliphatic carbocycles. The lowest BCUT2D eigenvalue weighted by molar-refractivity contribution is -0.141. The van der Waals surface area contributed by atoms with Crippen molar-refractivity contribution in [3.05, 3.63) is 35.5 Å². The number of aromatic nitrogens is 2. The molecule has 0 N–H and O–H groups in total. The molecule has 0 amide bonds. The van der Waals surface area contributed by atoms with Crippen LogP contribution in [0.5, 0.6) is 0 Å². The fourth-order valence-electron chi connectivity index (χ4n) is 2.82. The Labute approximate surface area is 159 Å². The number of benzene rings is 1. The highest BCUT2D eigenvalue weighted by atomic mass is 19.1. The van der Waals surface area contributed by atoms with Crippen molar-refractivity contribution in [2.45, 2.75) is 40.0 Å². The molecule has 1 aromatic carbocycles. The summed E-state index contributed by atoms with van der Waals surface area (Å²) in [6, 6.07) is 4.90. The number of rotatable bonds is 10. The highest BCUT2D eigenvalue weighted by Gasteiger charge is 2.13. The first-order valence-corrected chi connectivity index (χ1v) is 9.27. The van der Waals surface area contributed by atoms with E-state index in [0.717, 1.165) is 19.5 Å². The number of ether oxygens (including phenoxy) is 1. The third kappa shape index (κ3) is 6.75. The molecule has 2 rings (SSSR count). The number of carbonyl (C=O) groups excluding carboxylic acids is 1. The maximum atomic E-state index is 13.7. The second kappa shape index (κ2) is 10.2. The Hall–Kier alpha value is -2.28. The minimum absolute atomic E-state index is 0.198. The molecule has 6 nitrogen and oxygen atoms in total. The largest absolute Gasteiger partial charge is 0.469 e. The van der Waals surface area contributed by atoms with Crippen molar-refractivity contribution in [2.24, 2.45) is 5.92 Å². The van der Waals surface area contributed by atoms with Gasteiger partial charge in [-0.15, -0.1) is 0 Å². The van der Waals surface area contributed by atoms with Crippen molar-refractivity contribution in [1.29, 1.82) is 0 Å². The van der Waals surface area contributed by atoms with Crippen molar-refractivity contribution < 1.29 is 18.4 Å². The minimum atomic E-state index is -0.284. The smallest absolute Gasteiger partial charge is 0.306 e. The number of esters is 1. The first kappa shape index (κ1) is 21.0. The second-order valence-electron chi connectivity index (χ2n) is 7.10. The molecule has 1 aromatic heterocycles. The number of aryl methyl sites for hydroxylation is 2. The topological polar surface area (TPSA) is 68.5 Å². The molecule has 0 spiro atoms. The number of carbonyl (C=O) groups is 1. The van der Waals surface area contributed by atoms with Crippen molar-refractivity contribution in [3.8, 4) is 11.4 Å². The number of hydrogen-bond donors (Lipinski definition) is 0. The van der Waals surface area contributed by atoms with E-state index >= 15 is 0 Å². The average Bonchev–Trinajstić information content (AvgIpc) is 3.10. The fraction of sp³-hybridized carbons (Fsp3) is 0.550. The normalized spacial score (nSPS) is 11.4. The lowest BCUT2D eigenvalue weighted by atomic mass is 10.1. The molecule has 0 aliphatic rings. The minimum Gasteiger partial charge on any atom is -0.469 e. The summed E-state index contributed by atoms with van der Waals surface area (Å²) >= 11 is 0. The van der Waals surface area contributed by atoms with Crippen LogP contribution in [0.25, 0.3) is 11.4 Å². The molecule has 0 bridgehead atoms. The third-order valence-electron chi connectivity index (χ3n) is 4.25. The average molecular weight is 377 g/mol. The Bertz CT molecular complexity index is 746. The monoisotopic (exact) mass is 377 g/mol. The van der Waals surface area contributed by atoms with Crippen LogP contribution in [-0.2, 0) is 16.0 Å². The Balaban J connectivity index is 1.88. The molecule has 0 radical (unpaired) electrons. The predicted octanol–water partition coefficient (Wildman–Crippen LogP) is 3.64. The van der Waals surface area contributed by atoms with Crippen molar-refractivity contribution in [2.75, 3.05) is 26.7 Å². The molecule has 1 heterocycles. The van der Waals surface area contributed by atoms with Gasteiger partial charge in [-0.1, -0.05) is 31.1 Å². The number of halogens is 1. The van der Waals surface area contributed by atoms with Crippen LogP contribution in [0.1, 0.15) is 38.1 Å². The number of nitrogens with zero attached hydrogens (tertiary/aromatic N) is 3. The third-order valence-corrected chi connectivity index (χ3v) is 4.25. The van der Waals surface area contributed by atoms with Crippen molar-refractivity contribution in [3.63, 3.8) is 0 Å². The summed E-state index contributed by atoms with van der Waals surface area (Å²) in [6.07, 6.45) is 1.85. The van der Waals surface area contributed by atoms with E-state index in [1.54, 1.807) is 19.1 Å². The maximum absolute atomic E-state index is 13.7. The van der Waals surface area contributed by atoms with Crippen LogP contribution >= 0.6 is 0 Å². The molecule has 148 valence electrons. The molecule has 0 unspecified atom stereocenters. The van der Waals surface area contributed by atoms with Crippen LogP contribution in [0.3, 0.4) is 0 Å². The van der Waals surface area contributed by atoms with E-state index in [2.05, 4.69) is 28.9 Å². The summed E-state index contributed by atoms with van der Waals surface area (Å²) in [4.78, 5) is 18.0. The summed E-state index contributed by atoms with van der Waals surface area (Å²) in [5.74, 6) is 0.954. The first-order chi connectivity index (χ1) is 12.9. The van der Waals surface area contributed by atoms with Gasteiger partial charge in [0.1, 0.15) is 5.82 Å².